The van der Waals surface area contributed by atoms with Gasteiger partial charge in [0.1, 0.15) is 10.8 Å². The summed E-state index contributed by atoms with van der Waals surface area (Å²) in [6.45, 7) is 4.49. The molecule has 1 amide bonds. The Balaban J connectivity index is 1.76. The molecule has 2 aromatic rings. The topological polar surface area (TPSA) is 71.8 Å². The molecule has 0 aliphatic heterocycles. The molecule has 3 rings (SSSR count). The van der Waals surface area contributed by atoms with Gasteiger partial charge in [0, 0.05) is 4.88 Å². The largest absolute Gasteiger partial charge is 0.468 e. The van der Waals surface area contributed by atoms with Crippen LogP contribution < -0.4 is 5.32 Å². The van der Waals surface area contributed by atoms with Crippen LogP contribution in [0.15, 0.2) is 22.8 Å². The highest BCUT2D eigenvalue weighted by atomic mass is 32.1. The van der Waals surface area contributed by atoms with Crippen molar-refractivity contribution in [1.82, 2.24) is 4.90 Å². The molecule has 1 N–H and O–H groups in total. The van der Waals surface area contributed by atoms with Crippen LogP contribution in [0.4, 0.5) is 5.00 Å². The van der Waals surface area contributed by atoms with E-state index in [2.05, 4.69) is 5.32 Å². The number of esters is 1. The number of anilines is 1. The maximum absolute atomic E-state index is 12.8. The number of nitrogens with one attached hydrogen (secondary N) is 1. The van der Waals surface area contributed by atoms with Gasteiger partial charge in [-0.15, -0.1) is 11.3 Å². The number of nitrogens with zero attached hydrogens (tertiary/aromatic N) is 1. The third kappa shape index (κ3) is 4.42. The van der Waals surface area contributed by atoms with Gasteiger partial charge in [0.25, 0.3) is 0 Å². The second-order valence-electron chi connectivity index (χ2n) is 6.80. The van der Waals surface area contributed by atoms with E-state index in [9.17, 15) is 9.59 Å². The van der Waals surface area contributed by atoms with E-state index in [4.69, 9.17) is 9.15 Å². The number of furan rings is 1. The number of amides is 1. The number of fused-ring (bicyclic) bond motifs is 1. The second-order valence-corrected chi connectivity index (χ2v) is 7.90. The monoisotopic (exact) mass is 390 g/mol. The molecule has 1 atom stereocenters. The smallest absolute Gasteiger partial charge is 0.341 e. The lowest BCUT2D eigenvalue weighted by Crippen LogP contribution is -2.39. The van der Waals surface area contributed by atoms with Crippen molar-refractivity contribution in [3.63, 3.8) is 0 Å². The Labute approximate surface area is 163 Å². The van der Waals surface area contributed by atoms with Crippen LogP contribution in [-0.2, 0) is 28.9 Å². The Morgan fingerprint density at radius 3 is 2.85 bits per heavy atom. The fourth-order valence-corrected chi connectivity index (χ4v) is 4.56. The molecule has 27 heavy (non-hydrogen) atoms. The minimum atomic E-state index is -0.371. The van der Waals surface area contributed by atoms with Crippen molar-refractivity contribution in [2.24, 2.45) is 0 Å². The third-order valence-electron chi connectivity index (χ3n) is 4.91. The first-order chi connectivity index (χ1) is 13.0. The molecule has 0 saturated carbocycles. The predicted molar refractivity (Wildman–Crippen MR) is 105 cm³/mol. The van der Waals surface area contributed by atoms with E-state index in [1.54, 1.807) is 13.2 Å². The quantitative estimate of drug-likeness (QED) is 0.727. The van der Waals surface area contributed by atoms with Crippen molar-refractivity contribution in [1.29, 1.82) is 0 Å². The van der Waals surface area contributed by atoms with Gasteiger partial charge >= 0.3 is 5.97 Å². The van der Waals surface area contributed by atoms with E-state index in [-0.39, 0.29) is 17.9 Å². The fourth-order valence-electron chi connectivity index (χ4n) is 3.27. The highest BCUT2D eigenvalue weighted by Gasteiger charge is 2.28. The predicted octanol–water partition coefficient (Wildman–Crippen LogP) is 3.86. The minimum absolute atomic E-state index is 0.145. The van der Waals surface area contributed by atoms with E-state index < -0.39 is 0 Å². The van der Waals surface area contributed by atoms with Gasteiger partial charge in [0.2, 0.25) is 5.91 Å². The average molecular weight is 391 g/mol. The first-order valence-electron chi connectivity index (χ1n) is 9.36. The van der Waals surface area contributed by atoms with Gasteiger partial charge in [-0.1, -0.05) is 0 Å². The molecule has 7 heteroatoms. The standard InChI is InChI=1S/C20H26N2O4S/c1-4-25-20(24)17-15-9-5-6-10-16(15)27-19(17)21-18(23)13(2)22(3)12-14-8-7-11-26-14/h7-8,11,13H,4-6,9-10,12H2,1-3H3,(H,21,23). The number of rotatable bonds is 7. The molecule has 0 aromatic carbocycles. The van der Waals surface area contributed by atoms with E-state index in [0.29, 0.717) is 23.7 Å². The van der Waals surface area contributed by atoms with Gasteiger partial charge in [0.15, 0.2) is 0 Å². The van der Waals surface area contributed by atoms with Crippen LogP contribution in [0.1, 0.15) is 53.2 Å². The SMILES string of the molecule is CCOC(=O)c1c(NC(=O)C(C)N(C)Cc2ccco2)sc2c1CCCC2. The molecule has 146 valence electrons. The Morgan fingerprint density at radius 1 is 1.37 bits per heavy atom. The average Bonchev–Trinajstić information content (AvgIpc) is 3.28. The zero-order valence-corrected chi connectivity index (χ0v) is 16.9. The van der Waals surface area contributed by atoms with Crippen LogP contribution in [0.25, 0.3) is 0 Å². The maximum Gasteiger partial charge on any atom is 0.341 e. The summed E-state index contributed by atoms with van der Waals surface area (Å²) in [5.74, 6) is 0.313. The van der Waals surface area contributed by atoms with E-state index in [1.807, 2.05) is 31.0 Å². The Hall–Kier alpha value is -2.12. The van der Waals surface area contributed by atoms with Crippen LogP contribution in [-0.4, -0.2) is 36.5 Å². The Bertz CT molecular complexity index is 797. The summed E-state index contributed by atoms with van der Waals surface area (Å²) in [5, 5.41) is 3.59. The lowest BCUT2D eigenvalue weighted by Gasteiger charge is -2.22. The number of carbonyl (C=O) groups excluding carboxylic acids is 2. The van der Waals surface area contributed by atoms with Crippen molar-refractivity contribution >= 4 is 28.2 Å². The number of likely N-dealkylation sites (N-methyl/N-ethyl adjacent to an activating group) is 1. The van der Waals surface area contributed by atoms with Crippen LogP contribution in [0, 0.1) is 0 Å². The fraction of sp³-hybridized carbons (Fsp3) is 0.500. The maximum atomic E-state index is 12.8. The van der Waals surface area contributed by atoms with Crippen LogP contribution in [0.2, 0.25) is 0 Å². The number of hydrogen-bond acceptors (Lipinski definition) is 6. The third-order valence-corrected chi connectivity index (χ3v) is 6.12. The first-order valence-corrected chi connectivity index (χ1v) is 10.2. The molecule has 1 aliphatic carbocycles. The lowest BCUT2D eigenvalue weighted by molar-refractivity contribution is -0.120. The van der Waals surface area contributed by atoms with Crippen molar-refractivity contribution < 1.29 is 18.7 Å². The van der Waals surface area contributed by atoms with Gasteiger partial charge in [-0.2, -0.15) is 0 Å². The summed E-state index contributed by atoms with van der Waals surface area (Å²) in [7, 11) is 1.87. The lowest BCUT2D eigenvalue weighted by atomic mass is 9.95. The van der Waals surface area contributed by atoms with Gasteiger partial charge in [0.05, 0.1) is 31.0 Å². The van der Waals surface area contributed by atoms with Crippen LogP contribution in [0.3, 0.4) is 0 Å². The molecule has 1 unspecified atom stereocenters. The van der Waals surface area contributed by atoms with E-state index in [1.165, 1.54) is 16.2 Å². The molecule has 6 nitrogen and oxygen atoms in total. The molecule has 2 aromatic heterocycles. The second kappa shape index (κ2) is 8.71. The van der Waals surface area contributed by atoms with E-state index in [0.717, 1.165) is 37.0 Å². The van der Waals surface area contributed by atoms with Gasteiger partial charge in [-0.25, -0.2) is 4.79 Å². The summed E-state index contributed by atoms with van der Waals surface area (Å²) in [5.41, 5.74) is 1.60. The van der Waals surface area contributed by atoms with Crippen molar-refractivity contribution in [2.75, 3.05) is 19.0 Å². The van der Waals surface area contributed by atoms with E-state index >= 15 is 0 Å². The van der Waals surface area contributed by atoms with Gasteiger partial charge in [-0.05, 0) is 64.3 Å². The minimum Gasteiger partial charge on any atom is -0.468 e. The van der Waals surface area contributed by atoms with Crippen molar-refractivity contribution in [3.05, 3.63) is 40.2 Å². The van der Waals surface area contributed by atoms with Crippen LogP contribution >= 0.6 is 11.3 Å². The molecule has 0 bridgehead atoms. The summed E-state index contributed by atoms with van der Waals surface area (Å²) < 4.78 is 10.6. The number of aryl methyl sites for hydroxylation is 1. The van der Waals surface area contributed by atoms with Crippen LogP contribution in [0.5, 0.6) is 0 Å². The molecular formula is C20H26N2O4S. The number of thiophene rings is 1. The zero-order chi connectivity index (χ0) is 19.4. The Kier molecular flexibility index (Phi) is 6.34. The molecular weight excluding hydrogens is 364 g/mol. The Morgan fingerprint density at radius 2 is 2.15 bits per heavy atom. The molecule has 0 saturated heterocycles. The highest BCUT2D eigenvalue weighted by molar-refractivity contribution is 7.17. The van der Waals surface area contributed by atoms with Crippen molar-refractivity contribution in [2.45, 2.75) is 52.1 Å². The number of hydrogen-bond donors (Lipinski definition) is 1. The molecule has 0 radical (unpaired) electrons. The number of ether oxygens (including phenoxy) is 1. The molecule has 2 heterocycles. The highest BCUT2D eigenvalue weighted by Crippen LogP contribution is 2.38. The number of carbonyl (C=O) groups is 2. The first kappa shape index (κ1) is 19.6. The van der Waals surface area contributed by atoms with Gasteiger partial charge < -0.3 is 14.5 Å². The van der Waals surface area contributed by atoms with Gasteiger partial charge in [-0.3, -0.25) is 9.69 Å². The molecule has 0 fully saturated rings. The normalized spacial score (nSPS) is 14.7. The molecule has 0 spiro atoms. The summed E-state index contributed by atoms with van der Waals surface area (Å²) in [6.07, 6.45) is 5.62. The molecule has 1 aliphatic rings. The summed E-state index contributed by atoms with van der Waals surface area (Å²) >= 11 is 1.51. The summed E-state index contributed by atoms with van der Waals surface area (Å²) in [4.78, 5) is 28.4. The van der Waals surface area contributed by atoms with Crippen molar-refractivity contribution in [3.8, 4) is 0 Å². The zero-order valence-electron chi connectivity index (χ0n) is 16.0. The summed E-state index contributed by atoms with van der Waals surface area (Å²) in [6, 6.07) is 3.34.